The maximum atomic E-state index is 12.8. The van der Waals surface area contributed by atoms with Gasteiger partial charge in [0.05, 0.1) is 19.7 Å². The quantitative estimate of drug-likeness (QED) is 0.791. The summed E-state index contributed by atoms with van der Waals surface area (Å²) in [6.07, 6.45) is 3.59. The molecule has 1 aromatic rings. The van der Waals surface area contributed by atoms with Crippen molar-refractivity contribution in [1.82, 2.24) is 9.80 Å². The summed E-state index contributed by atoms with van der Waals surface area (Å²) in [5.41, 5.74) is 1.31. The number of hydrogen-bond donors (Lipinski definition) is 0. The summed E-state index contributed by atoms with van der Waals surface area (Å²) >= 11 is 1.79. The molecule has 5 nitrogen and oxygen atoms in total. The molecular weight excluding hydrogens is 312 g/mol. The van der Waals surface area contributed by atoms with Gasteiger partial charge in [-0.25, -0.2) is 0 Å². The molecule has 3 heterocycles. The van der Waals surface area contributed by atoms with Gasteiger partial charge in [-0.15, -0.1) is 11.3 Å². The van der Waals surface area contributed by atoms with Crippen molar-refractivity contribution in [2.75, 3.05) is 26.7 Å². The zero-order chi connectivity index (χ0) is 16.4. The summed E-state index contributed by atoms with van der Waals surface area (Å²) in [4.78, 5) is 30.1. The summed E-state index contributed by atoms with van der Waals surface area (Å²) in [5.74, 6) is -0.0920. The first-order valence-electron chi connectivity index (χ1n) is 8.33. The highest BCUT2D eigenvalue weighted by atomic mass is 32.1. The van der Waals surface area contributed by atoms with Gasteiger partial charge < -0.3 is 9.64 Å². The largest absolute Gasteiger partial charge is 0.468 e. The van der Waals surface area contributed by atoms with Crippen LogP contribution in [-0.2, 0) is 20.7 Å². The molecule has 0 bridgehead atoms. The third-order valence-corrected chi connectivity index (χ3v) is 5.97. The van der Waals surface area contributed by atoms with Crippen molar-refractivity contribution < 1.29 is 14.3 Å². The van der Waals surface area contributed by atoms with E-state index < -0.39 is 0 Å². The minimum absolute atomic E-state index is 0.129. The van der Waals surface area contributed by atoms with Crippen LogP contribution in [0.5, 0.6) is 0 Å². The van der Waals surface area contributed by atoms with Gasteiger partial charge in [0, 0.05) is 11.4 Å². The van der Waals surface area contributed by atoms with Crippen LogP contribution in [0.1, 0.15) is 42.7 Å². The maximum absolute atomic E-state index is 12.8. The summed E-state index contributed by atoms with van der Waals surface area (Å²) in [6.45, 7) is 4.02. The number of carbonyl (C=O) groups excluding carboxylic acids is 2. The van der Waals surface area contributed by atoms with E-state index in [0.717, 1.165) is 38.8 Å². The first kappa shape index (κ1) is 16.5. The molecule has 3 rings (SSSR count). The van der Waals surface area contributed by atoms with Crippen LogP contribution in [0.3, 0.4) is 0 Å². The highest BCUT2D eigenvalue weighted by Crippen LogP contribution is 2.35. The van der Waals surface area contributed by atoms with E-state index in [2.05, 4.69) is 18.4 Å². The Morgan fingerprint density at radius 2 is 2.22 bits per heavy atom. The van der Waals surface area contributed by atoms with Crippen LogP contribution in [0.25, 0.3) is 0 Å². The monoisotopic (exact) mass is 336 g/mol. The molecule has 2 aliphatic rings. The molecule has 1 saturated heterocycles. The number of amides is 1. The fourth-order valence-electron chi connectivity index (χ4n) is 3.82. The minimum Gasteiger partial charge on any atom is -0.468 e. The molecule has 0 spiro atoms. The van der Waals surface area contributed by atoms with Gasteiger partial charge in [-0.2, -0.15) is 0 Å². The highest BCUT2D eigenvalue weighted by molar-refractivity contribution is 7.10. The Morgan fingerprint density at radius 1 is 1.39 bits per heavy atom. The zero-order valence-corrected chi connectivity index (χ0v) is 14.6. The van der Waals surface area contributed by atoms with Crippen LogP contribution in [0.4, 0.5) is 0 Å². The number of nitrogens with zero attached hydrogens (tertiary/aromatic N) is 2. The summed E-state index contributed by atoms with van der Waals surface area (Å²) in [7, 11) is 1.41. The van der Waals surface area contributed by atoms with Crippen molar-refractivity contribution in [3.05, 3.63) is 21.9 Å². The zero-order valence-electron chi connectivity index (χ0n) is 13.8. The molecule has 6 heteroatoms. The van der Waals surface area contributed by atoms with Gasteiger partial charge in [-0.05, 0) is 49.2 Å². The summed E-state index contributed by atoms with van der Waals surface area (Å²) < 4.78 is 4.87. The van der Waals surface area contributed by atoms with E-state index >= 15 is 0 Å². The molecule has 0 radical (unpaired) electrons. The fourth-order valence-corrected chi connectivity index (χ4v) is 4.75. The van der Waals surface area contributed by atoms with Crippen molar-refractivity contribution in [3.8, 4) is 0 Å². The molecule has 1 fully saturated rings. The molecule has 23 heavy (non-hydrogen) atoms. The molecule has 0 saturated carbocycles. The normalized spacial score (nSPS) is 24.5. The molecule has 126 valence electrons. The Kier molecular flexibility index (Phi) is 5.02. The van der Waals surface area contributed by atoms with E-state index in [9.17, 15) is 9.59 Å². The molecule has 2 atom stereocenters. The number of rotatable bonds is 4. The standard InChI is InChI=1S/C17H24N2O3S/c1-3-13-12-7-10-23-15(12)6-9-19(13)16(20)11-18-8-4-5-14(18)17(21)22-2/h7,10,13-14H,3-6,8-9,11H2,1-2H3/t13-,14-/m1/s1. The third kappa shape index (κ3) is 3.15. The van der Waals surface area contributed by atoms with Crippen molar-refractivity contribution in [2.24, 2.45) is 0 Å². The van der Waals surface area contributed by atoms with E-state index in [0.29, 0.717) is 6.54 Å². The molecule has 1 aromatic heterocycles. The van der Waals surface area contributed by atoms with Gasteiger partial charge in [-0.3, -0.25) is 14.5 Å². The number of thiophene rings is 1. The molecule has 0 aliphatic carbocycles. The van der Waals surface area contributed by atoms with Crippen molar-refractivity contribution in [1.29, 1.82) is 0 Å². The lowest BCUT2D eigenvalue weighted by Gasteiger charge is -2.37. The van der Waals surface area contributed by atoms with Crippen LogP contribution < -0.4 is 0 Å². The van der Waals surface area contributed by atoms with E-state index in [1.54, 1.807) is 11.3 Å². The molecule has 0 unspecified atom stereocenters. The van der Waals surface area contributed by atoms with Crippen molar-refractivity contribution >= 4 is 23.2 Å². The number of esters is 1. The van der Waals surface area contributed by atoms with Gasteiger partial charge in [0.25, 0.3) is 0 Å². The van der Waals surface area contributed by atoms with Gasteiger partial charge in [-0.1, -0.05) is 6.92 Å². The number of fused-ring (bicyclic) bond motifs is 1. The molecule has 0 N–H and O–H groups in total. The Balaban J connectivity index is 1.70. The lowest BCUT2D eigenvalue weighted by molar-refractivity contribution is -0.147. The van der Waals surface area contributed by atoms with E-state index in [-0.39, 0.29) is 24.0 Å². The topological polar surface area (TPSA) is 49.9 Å². The molecule has 0 aromatic carbocycles. The minimum atomic E-state index is -0.259. The first-order chi connectivity index (χ1) is 11.2. The maximum Gasteiger partial charge on any atom is 0.323 e. The van der Waals surface area contributed by atoms with Crippen LogP contribution in [0, 0.1) is 0 Å². The second kappa shape index (κ2) is 7.01. The Bertz CT molecular complexity index is 586. The third-order valence-electron chi connectivity index (χ3n) is 4.98. The van der Waals surface area contributed by atoms with Crippen LogP contribution in [0.15, 0.2) is 11.4 Å². The lowest BCUT2D eigenvalue weighted by atomic mass is 9.97. The van der Waals surface area contributed by atoms with E-state index in [1.807, 2.05) is 9.80 Å². The summed E-state index contributed by atoms with van der Waals surface area (Å²) in [6, 6.07) is 2.07. The van der Waals surface area contributed by atoms with Crippen molar-refractivity contribution in [3.63, 3.8) is 0 Å². The second-order valence-electron chi connectivity index (χ2n) is 6.21. The average molecular weight is 336 g/mol. The molecular formula is C17H24N2O3S. The first-order valence-corrected chi connectivity index (χ1v) is 9.21. The molecule has 1 amide bonds. The fraction of sp³-hybridized carbons (Fsp3) is 0.647. The highest BCUT2D eigenvalue weighted by Gasteiger charge is 2.36. The Hall–Kier alpha value is -1.40. The smallest absolute Gasteiger partial charge is 0.323 e. The number of ether oxygens (including phenoxy) is 1. The Labute approximate surface area is 141 Å². The average Bonchev–Trinajstić information content (AvgIpc) is 3.21. The van der Waals surface area contributed by atoms with E-state index in [4.69, 9.17) is 4.74 Å². The lowest BCUT2D eigenvalue weighted by Crippen LogP contribution is -2.47. The second-order valence-corrected chi connectivity index (χ2v) is 7.21. The SMILES string of the molecule is CC[C@@H]1c2ccsc2CCN1C(=O)CN1CCC[C@@H]1C(=O)OC. The van der Waals surface area contributed by atoms with E-state index in [1.165, 1.54) is 17.6 Å². The van der Waals surface area contributed by atoms with Crippen LogP contribution in [-0.4, -0.2) is 54.5 Å². The molecule has 2 aliphatic heterocycles. The van der Waals surface area contributed by atoms with Crippen LogP contribution >= 0.6 is 11.3 Å². The van der Waals surface area contributed by atoms with Gasteiger partial charge in [0.15, 0.2) is 0 Å². The summed E-state index contributed by atoms with van der Waals surface area (Å²) in [5, 5.41) is 2.12. The number of hydrogen-bond acceptors (Lipinski definition) is 5. The van der Waals surface area contributed by atoms with Gasteiger partial charge in [0.2, 0.25) is 5.91 Å². The number of likely N-dealkylation sites (tertiary alicyclic amines) is 1. The van der Waals surface area contributed by atoms with Crippen molar-refractivity contribution in [2.45, 2.75) is 44.7 Å². The van der Waals surface area contributed by atoms with Gasteiger partial charge >= 0.3 is 5.97 Å². The predicted octanol–water partition coefficient (Wildman–Crippen LogP) is 2.22. The number of carbonyl (C=O) groups is 2. The Morgan fingerprint density at radius 3 is 2.96 bits per heavy atom. The predicted molar refractivity (Wildman–Crippen MR) is 89.4 cm³/mol. The van der Waals surface area contributed by atoms with Crippen LogP contribution in [0.2, 0.25) is 0 Å². The number of methoxy groups -OCH3 is 1. The van der Waals surface area contributed by atoms with Gasteiger partial charge in [0.1, 0.15) is 6.04 Å².